The summed E-state index contributed by atoms with van der Waals surface area (Å²) in [5, 5.41) is 3.64. The van der Waals surface area contributed by atoms with Crippen LogP contribution in [0.4, 0.5) is 0 Å². The number of hydrogen-bond acceptors (Lipinski definition) is 3. The molecule has 0 aliphatic heterocycles. The molecule has 4 nitrogen and oxygen atoms in total. The Morgan fingerprint density at radius 1 is 1.38 bits per heavy atom. The standard InChI is InChI=1S/C16H25ClN2O2/c1-6-19(11-15(20)18-16(2,3)4)10-12-9-13(17)7-8-14(12)21-5/h7-9H,6,10-11H2,1-5H3,(H,18,20). The number of carbonyl (C=O) groups is 1. The van der Waals surface area contributed by atoms with Gasteiger partial charge in [0.2, 0.25) is 5.91 Å². The van der Waals surface area contributed by atoms with Gasteiger partial charge in [-0.3, -0.25) is 9.69 Å². The van der Waals surface area contributed by atoms with Gasteiger partial charge in [-0.2, -0.15) is 0 Å². The number of ether oxygens (including phenoxy) is 1. The summed E-state index contributed by atoms with van der Waals surface area (Å²) in [6, 6.07) is 5.53. The third-order valence-corrected chi connectivity index (χ3v) is 3.20. The number of nitrogens with one attached hydrogen (secondary N) is 1. The molecule has 118 valence electrons. The molecular weight excluding hydrogens is 288 g/mol. The van der Waals surface area contributed by atoms with Crippen LogP contribution >= 0.6 is 11.6 Å². The maximum absolute atomic E-state index is 12.0. The normalized spacial score (nSPS) is 11.6. The van der Waals surface area contributed by atoms with Gasteiger partial charge < -0.3 is 10.1 Å². The number of likely N-dealkylation sites (N-methyl/N-ethyl adjacent to an activating group) is 1. The first-order valence-electron chi connectivity index (χ1n) is 7.11. The molecule has 1 amide bonds. The van der Waals surface area contributed by atoms with Gasteiger partial charge in [0.25, 0.3) is 0 Å². The lowest BCUT2D eigenvalue weighted by atomic mass is 10.1. The molecule has 0 spiro atoms. The fraction of sp³-hybridized carbons (Fsp3) is 0.562. The molecule has 5 heteroatoms. The quantitative estimate of drug-likeness (QED) is 0.877. The van der Waals surface area contributed by atoms with Crippen molar-refractivity contribution >= 4 is 17.5 Å². The van der Waals surface area contributed by atoms with Gasteiger partial charge in [-0.1, -0.05) is 18.5 Å². The highest BCUT2D eigenvalue weighted by molar-refractivity contribution is 6.30. The molecule has 0 heterocycles. The predicted octanol–water partition coefficient (Wildman–Crippen LogP) is 3.09. The molecule has 0 aliphatic rings. The summed E-state index contributed by atoms with van der Waals surface area (Å²) < 4.78 is 5.35. The van der Waals surface area contributed by atoms with Crippen LogP contribution in [0.2, 0.25) is 5.02 Å². The van der Waals surface area contributed by atoms with E-state index >= 15 is 0 Å². The first-order chi connectivity index (χ1) is 9.75. The van der Waals surface area contributed by atoms with E-state index in [9.17, 15) is 4.79 Å². The Labute approximate surface area is 132 Å². The van der Waals surface area contributed by atoms with Crippen molar-refractivity contribution in [3.8, 4) is 5.75 Å². The lowest BCUT2D eigenvalue weighted by Gasteiger charge is -2.25. The smallest absolute Gasteiger partial charge is 0.234 e. The summed E-state index contributed by atoms with van der Waals surface area (Å²) in [4.78, 5) is 14.1. The summed E-state index contributed by atoms with van der Waals surface area (Å²) in [5.74, 6) is 0.805. The van der Waals surface area contributed by atoms with E-state index in [2.05, 4.69) is 10.2 Å². The molecule has 0 aliphatic carbocycles. The highest BCUT2D eigenvalue weighted by atomic mass is 35.5. The lowest BCUT2D eigenvalue weighted by molar-refractivity contribution is -0.123. The number of rotatable bonds is 6. The summed E-state index contributed by atoms with van der Waals surface area (Å²) in [5.41, 5.74) is 0.764. The van der Waals surface area contributed by atoms with Crippen molar-refractivity contribution in [1.82, 2.24) is 10.2 Å². The lowest BCUT2D eigenvalue weighted by Crippen LogP contribution is -2.45. The molecule has 21 heavy (non-hydrogen) atoms. The maximum Gasteiger partial charge on any atom is 0.234 e. The minimum absolute atomic E-state index is 0.0188. The predicted molar refractivity (Wildman–Crippen MR) is 86.9 cm³/mol. The van der Waals surface area contributed by atoms with Crippen LogP contribution in [-0.2, 0) is 11.3 Å². The molecule has 1 N–H and O–H groups in total. The summed E-state index contributed by atoms with van der Waals surface area (Å²) in [6.07, 6.45) is 0. The number of hydrogen-bond donors (Lipinski definition) is 1. The van der Waals surface area contributed by atoms with Gasteiger partial charge in [-0.05, 0) is 45.5 Å². The van der Waals surface area contributed by atoms with Crippen LogP contribution < -0.4 is 10.1 Å². The van der Waals surface area contributed by atoms with E-state index in [1.165, 1.54) is 0 Å². The highest BCUT2D eigenvalue weighted by Gasteiger charge is 2.17. The molecule has 0 unspecified atom stereocenters. The number of amides is 1. The summed E-state index contributed by atoms with van der Waals surface area (Å²) in [7, 11) is 1.63. The van der Waals surface area contributed by atoms with E-state index in [0.29, 0.717) is 18.1 Å². The Balaban J connectivity index is 2.74. The van der Waals surface area contributed by atoms with Gasteiger partial charge >= 0.3 is 0 Å². The van der Waals surface area contributed by atoms with E-state index in [4.69, 9.17) is 16.3 Å². The first-order valence-corrected chi connectivity index (χ1v) is 7.48. The van der Waals surface area contributed by atoms with Crippen LogP contribution in [0.25, 0.3) is 0 Å². The Bertz CT molecular complexity index is 484. The fourth-order valence-electron chi connectivity index (χ4n) is 2.05. The van der Waals surface area contributed by atoms with Crippen LogP contribution in [0.1, 0.15) is 33.3 Å². The molecule has 0 bridgehead atoms. The van der Waals surface area contributed by atoms with E-state index < -0.39 is 0 Å². The number of carbonyl (C=O) groups excluding carboxylic acids is 1. The molecule has 1 aromatic carbocycles. The molecule has 1 rings (SSSR count). The Morgan fingerprint density at radius 3 is 2.57 bits per heavy atom. The van der Waals surface area contributed by atoms with Crippen molar-refractivity contribution in [2.24, 2.45) is 0 Å². The highest BCUT2D eigenvalue weighted by Crippen LogP contribution is 2.23. The molecule has 0 radical (unpaired) electrons. The zero-order chi connectivity index (χ0) is 16.0. The van der Waals surface area contributed by atoms with Crippen molar-refractivity contribution in [2.45, 2.75) is 39.8 Å². The molecule has 1 aromatic rings. The van der Waals surface area contributed by atoms with Gasteiger partial charge in [0, 0.05) is 22.7 Å². The number of nitrogens with zero attached hydrogens (tertiary/aromatic N) is 1. The zero-order valence-corrected chi connectivity index (χ0v) is 14.3. The van der Waals surface area contributed by atoms with Crippen LogP contribution in [0.15, 0.2) is 18.2 Å². The third kappa shape index (κ3) is 6.36. The van der Waals surface area contributed by atoms with Gasteiger partial charge in [0.05, 0.1) is 13.7 Å². The molecule has 0 saturated heterocycles. The largest absolute Gasteiger partial charge is 0.496 e. The van der Waals surface area contributed by atoms with Crippen molar-refractivity contribution < 1.29 is 9.53 Å². The van der Waals surface area contributed by atoms with Crippen LogP contribution in [-0.4, -0.2) is 36.5 Å². The van der Waals surface area contributed by atoms with Gasteiger partial charge in [0.15, 0.2) is 0 Å². The van der Waals surface area contributed by atoms with Crippen molar-refractivity contribution in [2.75, 3.05) is 20.2 Å². The first kappa shape index (κ1) is 17.8. The average Bonchev–Trinajstić information content (AvgIpc) is 2.36. The maximum atomic E-state index is 12.0. The SMILES string of the molecule is CCN(CC(=O)NC(C)(C)C)Cc1cc(Cl)ccc1OC. The zero-order valence-electron chi connectivity index (χ0n) is 13.5. The summed E-state index contributed by atoms with van der Waals surface area (Å²) >= 11 is 6.04. The van der Waals surface area contributed by atoms with Crippen LogP contribution in [0.5, 0.6) is 5.75 Å². The Morgan fingerprint density at radius 2 is 2.05 bits per heavy atom. The third-order valence-electron chi connectivity index (χ3n) is 2.97. The molecule has 0 saturated carbocycles. The van der Waals surface area contributed by atoms with E-state index in [1.54, 1.807) is 13.2 Å². The monoisotopic (exact) mass is 312 g/mol. The van der Waals surface area contributed by atoms with Crippen LogP contribution in [0, 0.1) is 0 Å². The topological polar surface area (TPSA) is 41.6 Å². The number of halogens is 1. The van der Waals surface area contributed by atoms with E-state index in [0.717, 1.165) is 17.9 Å². The Kier molecular flexibility index (Phi) is 6.49. The van der Waals surface area contributed by atoms with Crippen molar-refractivity contribution in [3.05, 3.63) is 28.8 Å². The minimum Gasteiger partial charge on any atom is -0.496 e. The fourth-order valence-corrected chi connectivity index (χ4v) is 2.25. The molecular formula is C16H25ClN2O2. The molecule has 0 fully saturated rings. The molecule has 0 aromatic heterocycles. The second kappa shape index (κ2) is 7.66. The second-order valence-corrected chi connectivity index (χ2v) is 6.49. The Hall–Kier alpha value is -1.26. The molecule has 0 atom stereocenters. The summed E-state index contributed by atoms with van der Waals surface area (Å²) in [6.45, 7) is 9.69. The van der Waals surface area contributed by atoms with E-state index in [-0.39, 0.29) is 11.4 Å². The second-order valence-electron chi connectivity index (χ2n) is 6.06. The number of benzene rings is 1. The van der Waals surface area contributed by atoms with Crippen molar-refractivity contribution in [1.29, 1.82) is 0 Å². The number of methoxy groups -OCH3 is 1. The van der Waals surface area contributed by atoms with Gasteiger partial charge in [-0.15, -0.1) is 0 Å². The minimum atomic E-state index is -0.218. The van der Waals surface area contributed by atoms with Gasteiger partial charge in [-0.25, -0.2) is 0 Å². The van der Waals surface area contributed by atoms with Crippen molar-refractivity contribution in [3.63, 3.8) is 0 Å². The average molecular weight is 313 g/mol. The van der Waals surface area contributed by atoms with E-state index in [1.807, 2.05) is 39.8 Å². The van der Waals surface area contributed by atoms with Gasteiger partial charge in [0.1, 0.15) is 5.75 Å². The van der Waals surface area contributed by atoms with Crippen LogP contribution in [0.3, 0.4) is 0 Å².